The number of nitrogens with zero attached hydrogens (tertiary/aromatic N) is 4. The first-order valence-corrected chi connectivity index (χ1v) is 15.3. The molecular formula is C31H36ClN5O3S. The van der Waals surface area contributed by atoms with E-state index in [4.69, 9.17) is 16.3 Å². The van der Waals surface area contributed by atoms with Crippen LogP contribution in [0, 0.1) is 0 Å². The molecule has 0 atom stereocenters. The minimum atomic E-state index is -0.130. The Balaban J connectivity index is 1.18. The van der Waals surface area contributed by atoms with E-state index < -0.39 is 0 Å². The van der Waals surface area contributed by atoms with Crippen LogP contribution in [0.2, 0.25) is 5.02 Å². The maximum absolute atomic E-state index is 13.7. The molecule has 0 bridgehead atoms. The predicted octanol–water partition coefficient (Wildman–Crippen LogP) is 5.71. The van der Waals surface area contributed by atoms with Gasteiger partial charge in [0.25, 0.3) is 5.91 Å². The van der Waals surface area contributed by atoms with Crippen LogP contribution in [0.25, 0.3) is 0 Å². The highest BCUT2D eigenvalue weighted by molar-refractivity contribution is 7.17. The molecule has 3 heterocycles. The lowest BCUT2D eigenvalue weighted by molar-refractivity contribution is -0.126. The fourth-order valence-electron chi connectivity index (χ4n) is 5.18. The van der Waals surface area contributed by atoms with Crippen molar-refractivity contribution in [2.45, 2.75) is 38.3 Å². The zero-order chi connectivity index (χ0) is 28.6. The zero-order valence-corrected chi connectivity index (χ0v) is 24.9. The summed E-state index contributed by atoms with van der Waals surface area (Å²) >= 11 is 7.47. The molecule has 0 saturated carbocycles. The van der Waals surface area contributed by atoms with E-state index in [9.17, 15) is 9.59 Å². The summed E-state index contributed by atoms with van der Waals surface area (Å²) in [5, 5.41) is 4.81. The number of rotatable bonds is 10. The van der Waals surface area contributed by atoms with Gasteiger partial charge in [-0.3, -0.25) is 14.5 Å². The van der Waals surface area contributed by atoms with Gasteiger partial charge in [-0.1, -0.05) is 41.1 Å². The molecule has 0 radical (unpaired) electrons. The van der Waals surface area contributed by atoms with Gasteiger partial charge in [-0.05, 0) is 80.7 Å². The number of ether oxygens (including phenoxy) is 1. The van der Waals surface area contributed by atoms with Gasteiger partial charge in [-0.2, -0.15) is 0 Å². The SMILES string of the molecule is COc1ccc(CN(C(=O)c2cnc(NC3CCN(C(=O)/C=C/CN4CCCC4)CC3)s2)c2ccc(Cl)cc2)cc1. The molecule has 2 saturated heterocycles. The number of carbonyl (C=O) groups is 2. The number of hydrogen-bond acceptors (Lipinski definition) is 7. The summed E-state index contributed by atoms with van der Waals surface area (Å²) < 4.78 is 5.27. The average molecular weight is 594 g/mol. The lowest BCUT2D eigenvalue weighted by Gasteiger charge is -2.31. The largest absolute Gasteiger partial charge is 0.497 e. The Morgan fingerprint density at radius 2 is 1.78 bits per heavy atom. The highest BCUT2D eigenvalue weighted by atomic mass is 35.5. The van der Waals surface area contributed by atoms with Crippen molar-refractivity contribution in [2.75, 3.05) is 50.1 Å². The van der Waals surface area contributed by atoms with Gasteiger partial charge >= 0.3 is 0 Å². The maximum atomic E-state index is 13.7. The van der Waals surface area contributed by atoms with Crippen LogP contribution in [0.4, 0.5) is 10.8 Å². The van der Waals surface area contributed by atoms with Gasteiger partial charge in [-0.15, -0.1) is 0 Å². The van der Waals surface area contributed by atoms with Crippen LogP contribution in [0.1, 0.15) is 40.9 Å². The van der Waals surface area contributed by atoms with Crippen molar-refractivity contribution >= 4 is 45.6 Å². The van der Waals surface area contributed by atoms with E-state index in [0.29, 0.717) is 34.7 Å². The Kier molecular flexibility index (Phi) is 9.92. The van der Waals surface area contributed by atoms with Crippen LogP contribution in [0.5, 0.6) is 5.75 Å². The van der Waals surface area contributed by atoms with Gasteiger partial charge in [-0.25, -0.2) is 4.98 Å². The second kappa shape index (κ2) is 14.0. The van der Waals surface area contributed by atoms with E-state index in [1.807, 2.05) is 47.4 Å². The van der Waals surface area contributed by atoms with Crippen molar-refractivity contribution in [2.24, 2.45) is 0 Å². The third-order valence-electron chi connectivity index (χ3n) is 7.56. The van der Waals surface area contributed by atoms with Gasteiger partial charge in [0.15, 0.2) is 5.13 Å². The number of nitrogens with one attached hydrogen (secondary N) is 1. The average Bonchev–Trinajstić information content (AvgIpc) is 3.69. The number of anilines is 2. The summed E-state index contributed by atoms with van der Waals surface area (Å²) in [7, 11) is 1.63. The highest BCUT2D eigenvalue weighted by Gasteiger charge is 2.24. The quantitative estimate of drug-likeness (QED) is 0.304. The highest BCUT2D eigenvalue weighted by Crippen LogP contribution is 2.28. The number of amides is 2. The molecule has 2 aromatic carbocycles. The molecule has 216 valence electrons. The summed E-state index contributed by atoms with van der Waals surface area (Å²) in [6, 6.07) is 15.1. The normalized spacial score (nSPS) is 16.3. The molecular weight excluding hydrogens is 558 g/mol. The van der Waals surface area contributed by atoms with Crippen molar-refractivity contribution < 1.29 is 14.3 Å². The van der Waals surface area contributed by atoms with E-state index in [2.05, 4.69) is 15.2 Å². The van der Waals surface area contributed by atoms with Crippen LogP contribution in [0.15, 0.2) is 66.9 Å². The van der Waals surface area contributed by atoms with Gasteiger partial charge in [0, 0.05) is 42.5 Å². The van der Waals surface area contributed by atoms with Gasteiger partial charge in [0.2, 0.25) is 5.91 Å². The molecule has 3 aromatic rings. The summed E-state index contributed by atoms with van der Waals surface area (Å²) in [5.41, 5.74) is 1.73. The van der Waals surface area contributed by atoms with E-state index >= 15 is 0 Å². The smallest absolute Gasteiger partial charge is 0.270 e. The molecule has 2 fully saturated rings. The third kappa shape index (κ3) is 7.87. The van der Waals surface area contributed by atoms with E-state index in [1.165, 1.54) is 24.2 Å². The third-order valence-corrected chi connectivity index (χ3v) is 8.73. The number of aromatic nitrogens is 1. The number of likely N-dealkylation sites (tertiary alicyclic amines) is 2. The zero-order valence-electron chi connectivity index (χ0n) is 23.3. The number of methoxy groups -OCH3 is 1. The standard InChI is InChI=1S/C31H36ClN5O3S/c1-40-27-12-6-23(7-13-27)22-37(26-10-8-24(32)9-11-26)30(39)28-21-33-31(41-28)34-25-14-19-36(20-15-25)29(38)5-4-18-35-16-2-3-17-35/h4-13,21,25H,2-3,14-20,22H2,1H3,(H,33,34)/b5-4+. The van der Waals surface area contributed by atoms with Gasteiger partial charge in [0.1, 0.15) is 10.6 Å². The summed E-state index contributed by atoms with van der Waals surface area (Å²) in [5.74, 6) is 0.722. The molecule has 0 spiro atoms. The molecule has 0 unspecified atom stereocenters. The molecule has 2 aliphatic rings. The minimum absolute atomic E-state index is 0.0870. The summed E-state index contributed by atoms with van der Waals surface area (Å²) in [6.45, 7) is 4.90. The monoisotopic (exact) mass is 593 g/mol. The van der Waals surface area contributed by atoms with Crippen LogP contribution >= 0.6 is 22.9 Å². The number of hydrogen-bond donors (Lipinski definition) is 1. The van der Waals surface area contributed by atoms with Crippen molar-refractivity contribution in [3.8, 4) is 5.75 Å². The first-order chi connectivity index (χ1) is 20.0. The molecule has 0 aliphatic carbocycles. The Hall–Kier alpha value is -3.40. The fraction of sp³-hybridized carbons (Fsp3) is 0.387. The van der Waals surface area contributed by atoms with Gasteiger partial charge < -0.3 is 19.9 Å². The summed E-state index contributed by atoms with van der Waals surface area (Å²) in [6.07, 6.45) is 9.53. The first-order valence-electron chi connectivity index (χ1n) is 14.1. The van der Waals surface area contributed by atoms with Crippen molar-refractivity contribution in [1.82, 2.24) is 14.8 Å². The molecule has 1 aromatic heterocycles. The topological polar surface area (TPSA) is 78.0 Å². The first kappa shape index (κ1) is 29.1. The number of benzene rings is 2. The summed E-state index contributed by atoms with van der Waals surface area (Å²) in [4.78, 5) is 37.4. The fourth-order valence-corrected chi connectivity index (χ4v) is 6.15. The van der Waals surface area contributed by atoms with Crippen LogP contribution in [-0.4, -0.2) is 72.5 Å². The van der Waals surface area contributed by atoms with E-state index in [-0.39, 0.29) is 17.9 Å². The molecule has 5 rings (SSSR count). The number of carbonyl (C=O) groups excluding carboxylic acids is 2. The maximum Gasteiger partial charge on any atom is 0.270 e. The molecule has 8 nitrogen and oxygen atoms in total. The van der Waals surface area contributed by atoms with E-state index in [0.717, 1.165) is 49.5 Å². The van der Waals surface area contributed by atoms with Crippen molar-refractivity contribution in [3.63, 3.8) is 0 Å². The molecule has 10 heteroatoms. The predicted molar refractivity (Wildman–Crippen MR) is 165 cm³/mol. The minimum Gasteiger partial charge on any atom is -0.497 e. The van der Waals surface area contributed by atoms with Crippen molar-refractivity contribution in [1.29, 1.82) is 0 Å². The number of halogens is 1. The van der Waals surface area contributed by atoms with Crippen LogP contribution < -0.4 is 15.0 Å². The Bertz CT molecular complexity index is 1330. The Morgan fingerprint density at radius 3 is 2.46 bits per heavy atom. The molecule has 2 amide bonds. The molecule has 41 heavy (non-hydrogen) atoms. The lowest BCUT2D eigenvalue weighted by Crippen LogP contribution is -2.41. The van der Waals surface area contributed by atoms with E-state index in [1.54, 1.807) is 36.4 Å². The molecule has 2 aliphatic heterocycles. The Morgan fingerprint density at radius 1 is 1.07 bits per heavy atom. The van der Waals surface area contributed by atoms with Crippen LogP contribution in [0.3, 0.4) is 0 Å². The van der Waals surface area contributed by atoms with Crippen LogP contribution in [-0.2, 0) is 11.3 Å². The van der Waals surface area contributed by atoms with Gasteiger partial charge in [0.05, 0.1) is 19.9 Å². The Labute approximate surface area is 250 Å². The molecule has 1 N–H and O–H groups in total. The van der Waals surface area contributed by atoms with Crippen molar-refractivity contribution in [3.05, 3.63) is 82.3 Å². The number of thiazole rings is 1. The number of piperidine rings is 1. The second-order valence-corrected chi connectivity index (χ2v) is 11.9. The lowest BCUT2D eigenvalue weighted by atomic mass is 10.1. The second-order valence-electron chi connectivity index (χ2n) is 10.4.